The number of nitrogens with two attached hydrogens (primary N) is 1. The van der Waals surface area contributed by atoms with Crippen LogP contribution >= 0.6 is 0 Å². The molecule has 0 fully saturated rings. The third kappa shape index (κ3) is 1.46. The first-order valence-corrected chi connectivity index (χ1v) is 5.55. The molecule has 16 heavy (non-hydrogen) atoms. The Balaban J connectivity index is 2.06. The van der Waals surface area contributed by atoms with E-state index in [1.165, 1.54) is 30.4 Å². The fraction of sp³-hybridized carbons (Fsp3) is 0.333. The molecule has 4 nitrogen and oxygen atoms in total. The lowest BCUT2D eigenvalue weighted by Crippen LogP contribution is -2.02. The maximum atomic E-state index is 5.68. The van der Waals surface area contributed by atoms with Gasteiger partial charge >= 0.3 is 0 Å². The van der Waals surface area contributed by atoms with Crippen LogP contribution in [0.5, 0.6) is 0 Å². The van der Waals surface area contributed by atoms with Crippen LogP contribution in [0.4, 0.5) is 5.82 Å². The predicted octanol–water partition coefficient (Wildman–Crippen LogP) is 2.20. The maximum Gasteiger partial charge on any atom is 0.196 e. The Morgan fingerprint density at radius 1 is 1.06 bits per heavy atom. The van der Waals surface area contributed by atoms with Crippen LogP contribution in [0.25, 0.3) is 11.3 Å². The smallest absolute Gasteiger partial charge is 0.196 e. The minimum Gasteiger partial charge on any atom is -0.379 e. The first-order chi connectivity index (χ1) is 7.84. The summed E-state index contributed by atoms with van der Waals surface area (Å²) in [6.07, 6.45) is 4.89. The number of nitrogens with zero attached hydrogens (tertiary/aromatic N) is 2. The molecule has 0 amide bonds. The van der Waals surface area contributed by atoms with Crippen LogP contribution in [-0.4, -0.2) is 10.3 Å². The van der Waals surface area contributed by atoms with E-state index in [0.29, 0.717) is 11.5 Å². The number of rotatable bonds is 1. The van der Waals surface area contributed by atoms with Gasteiger partial charge in [-0.1, -0.05) is 12.1 Å². The highest BCUT2D eigenvalue weighted by molar-refractivity contribution is 5.69. The summed E-state index contributed by atoms with van der Waals surface area (Å²) < 4.78 is 4.62. The van der Waals surface area contributed by atoms with Crippen molar-refractivity contribution in [1.29, 1.82) is 0 Å². The summed E-state index contributed by atoms with van der Waals surface area (Å²) >= 11 is 0. The van der Waals surface area contributed by atoms with E-state index in [1.807, 2.05) is 6.07 Å². The number of benzene rings is 1. The van der Waals surface area contributed by atoms with Gasteiger partial charge in [0.05, 0.1) is 0 Å². The minimum atomic E-state index is 0.357. The van der Waals surface area contributed by atoms with Gasteiger partial charge in [0.15, 0.2) is 11.5 Å². The molecule has 0 aliphatic heterocycles. The van der Waals surface area contributed by atoms with Gasteiger partial charge in [0, 0.05) is 5.56 Å². The van der Waals surface area contributed by atoms with Crippen LogP contribution < -0.4 is 5.73 Å². The van der Waals surface area contributed by atoms with Crippen molar-refractivity contribution in [2.45, 2.75) is 25.7 Å². The van der Waals surface area contributed by atoms with E-state index in [4.69, 9.17) is 5.73 Å². The summed E-state index contributed by atoms with van der Waals surface area (Å²) in [5.74, 6) is 0.357. The maximum absolute atomic E-state index is 5.68. The third-order valence-electron chi connectivity index (χ3n) is 3.14. The summed E-state index contributed by atoms with van der Waals surface area (Å²) in [7, 11) is 0. The van der Waals surface area contributed by atoms with Crippen LogP contribution in [0.2, 0.25) is 0 Å². The number of nitrogen functional groups attached to an aromatic ring is 1. The molecule has 3 rings (SSSR count). The van der Waals surface area contributed by atoms with Crippen LogP contribution in [0.1, 0.15) is 24.0 Å². The number of fused-ring (bicyclic) bond motifs is 1. The van der Waals surface area contributed by atoms with Crippen molar-refractivity contribution in [2.24, 2.45) is 0 Å². The fourth-order valence-electron chi connectivity index (χ4n) is 2.28. The molecule has 1 aliphatic rings. The second kappa shape index (κ2) is 3.63. The zero-order valence-corrected chi connectivity index (χ0v) is 8.94. The average molecular weight is 215 g/mol. The molecule has 2 N–H and O–H groups in total. The van der Waals surface area contributed by atoms with Gasteiger partial charge in [-0.15, -0.1) is 0 Å². The Kier molecular flexibility index (Phi) is 2.13. The second-order valence-electron chi connectivity index (χ2n) is 4.19. The minimum absolute atomic E-state index is 0.357. The van der Waals surface area contributed by atoms with Gasteiger partial charge in [0.2, 0.25) is 0 Å². The molecule has 1 aromatic heterocycles. The van der Waals surface area contributed by atoms with E-state index >= 15 is 0 Å². The van der Waals surface area contributed by atoms with Crippen LogP contribution in [-0.2, 0) is 12.8 Å². The molecule has 1 aliphatic carbocycles. The van der Waals surface area contributed by atoms with E-state index in [-0.39, 0.29) is 0 Å². The number of anilines is 1. The lowest BCUT2D eigenvalue weighted by Gasteiger charge is -2.15. The van der Waals surface area contributed by atoms with Gasteiger partial charge < -0.3 is 5.73 Å². The predicted molar refractivity (Wildman–Crippen MR) is 60.8 cm³/mol. The molecular formula is C12H13N3O. The third-order valence-corrected chi connectivity index (χ3v) is 3.14. The summed E-state index contributed by atoms with van der Waals surface area (Å²) in [5, 5.41) is 7.42. The summed E-state index contributed by atoms with van der Waals surface area (Å²) in [4.78, 5) is 0. The Morgan fingerprint density at radius 3 is 2.62 bits per heavy atom. The molecule has 0 saturated heterocycles. The zero-order chi connectivity index (χ0) is 11.0. The topological polar surface area (TPSA) is 64.9 Å². The highest BCUT2D eigenvalue weighted by Crippen LogP contribution is 2.28. The highest BCUT2D eigenvalue weighted by Gasteiger charge is 2.13. The van der Waals surface area contributed by atoms with Gasteiger partial charge in [-0.3, -0.25) is 0 Å². The van der Waals surface area contributed by atoms with E-state index < -0.39 is 0 Å². The standard InChI is InChI=1S/C12H13N3O/c13-12-11(14-16-15-12)10-6-5-8-3-1-2-4-9(8)7-10/h5-7H,1-4H2,(H2,13,15). The monoisotopic (exact) mass is 215 g/mol. The van der Waals surface area contributed by atoms with E-state index in [0.717, 1.165) is 12.0 Å². The quantitative estimate of drug-likeness (QED) is 0.792. The van der Waals surface area contributed by atoms with Crippen molar-refractivity contribution in [3.63, 3.8) is 0 Å². The summed E-state index contributed by atoms with van der Waals surface area (Å²) in [5.41, 5.74) is 10.2. The Labute approximate surface area is 93.4 Å². The van der Waals surface area contributed by atoms with E-state index in [2.05, 4.69) is 27.1 Å². The van der Waals surface area contributed by atoms with E-state index in [1.54, 1.807) is 0 Å². The summed E-state index contributed by atoms with van der Waals surface area (Å²) in [6.45, 7) is 0. The first-order valence-electron chi connectivity index (χ1n) is 5.55. The van der Waals surface area contributed by atoms with Crippen LogP contribution in [0, 0.1) is 0 Å². The van der Waals surface area contributed by atoms with Crippen molar-refractivity contribution in [3.8, 4) is 11.3 Å². The van der Waals surface area contributed by atoms with Crippen molar-refractivity contribution < 1.29 is 4.63 Å². The van der Waals surface area contributed by atoms with Gasteiger partial charge in [-0.25, -0.2) is 4.63 Å². The molecule has 1 heterocycles. The van der Waals surface area contributed by atoms with Gasteiger partial charge in [-0.05, 0) is 53.2 Å². The zero-order valence-electron chi connectivity index (χ0n) is 8.94. The molecule has 82 valence electrons. The van der Waals surface area contributed by atoms with Crippen molar-refractivity contribution in [3.05, 3.63) is 29.3 Å². The molecule has 0 atom stereocenters. The number of hydrogen-bond acceptors (Lipinski definition) is 4. The molecule has 0 spiro atoms. The Hall–Kier alpha value is -1.84. The normalized spacial score (nSPS) is 14.8. The lowest BCUT2D eigenvalue weighted by molar-refractivity contribution is 0.310. The van der Waals surface area contributed by atoms with Gasteiger partial charge in [-0.2, -0.15) is 0 Å². The van der Waals surface area contributed by atoms with E-state index in [9.17, 15) is 0 Å². The molecule has 0 unspecified atom stereocenters. The largest absolute Gasteiger partial charge is 0.379 e. The first kappa shape index (κ1) is 9.39. The molecule has 0 bridgehead atoms. The van der Waals surface area contributed by atoms with Crippen molar-refractivity contribution in [2.75, 3.05) is 5.73 Å². The fourth-order valence-corrected chi connectivity index (χ4v) is 2.28. The second-order valence-corrected chi connectivity index (χ2v) is 4.19. The molecule has 2 aromatic rings. The van der Waals surface area contributed by atoms with Gasteiger partial charge in [0.1, 0.15) is 0 Å². The van der Waals surface area contributed by atoms with Crippen LogP contribution in [0.15, 0.2) is 22.8 Å². The molecule has 0 radical (unpaired) electrons. The SMILES string of the molecule is Nc1nonc1-c1ccc2c(c1)CCCC2. The van der Waals surface area contributed by atoms with Gasteiger partial charge in [0.25, 0.3) is 0 Å². The molecule has 4 heteroatoms. The number of aryl methyl sites for hydroxylation is 2. The number of aromatic nitrogens is 2. The Morgan fingerprint density at radius 2 is 1.88 bits per heavy atom. The van der Waals surface area contributed by atoms with Crippen molar-refractivity contribution in [1.82, 2.24) is 10.3 Å². The van der Waals surface area contributed by atoms with Crippen molar-refractivity contribution >= 4 is 5.82 Å². The average Bonchev–Trinajstić information content (AvgIpc) is 2.75. The number of hydrogen-bond donors (Lipinski definition) is 1. The molecular weight excluding hydrogens is 202 g/mol. The highest BCUT2D eigenvalue weighted by atomic mass is 16.6. The molecule has 0 saturated carbocycles. The lowest BCUT2D eigenvalue weighted by atomic mass is 9.90. The Bertz CT molecular complexity index is 519. The van der Waals surface area contributed by atoms with Crippen LogP contribution in [0.3, 0.4) is 0 Å². The summed E-state index contributed by atoms with van der Waals surface area (Å²) in [6, 6.07) is 6.36. The molecule has 1 aromatic carbocycles.